The Bertz CT molecular complexity index is 324. The van der Waals surface area contributed by atoms with E-state index in [0.29, 0.717) is 18.9 Å². The third kappa shape index (κ3) is 2.21. The van der Waals surface area contributed by atoms with Gasteiger partial charge in [-0.3, -0.25) is 0 Å². The monoisotopic (exact) mass is 205 g/mol. The lowest BCUT2D eigenvalue weighted by atomic mass is 9.79. The van der Waals surface area contributed by atoms with Crippen LogP contribution in [0.4, 0.5) is 0 Å². The smallest absolute Gasteiger partial charge is 0.0620 e. The maximum Gasteiger partial charge on any atom is 0.0620 e. The largest absolute Gasteiger partial charge is 0.392 e. The molecule has 1 aliphatic rings. The minimum atomic E-state index is -0.267. The summed E-state index contributed by atoms with van der Waals surface area (Å²) in [5.41, 5.74) is 8.24. The highest BCUT2D eigenvalue weighted by molar-refractivity contribution is 5.33. The van der Waals surface area contributed by atoms with Gasteiger partial charge in [-0.2, -0.15) is 0 Å². The second-order valence-electron chi connectivity index (χ2n) is 4.34. The highest BCUT2D eigenvalue weighted by atomic mass is 16.3. The molecule has 82 valence electrons. The molecule has 3 N–H and O–H groups in total. The Morgan fingerprint density at radius 1 is 1.40 bits per heavy atom. The molecule has 2 nitrogen and oxygen atoms in total. The van der Waals surface area contributed by atoms with Gasteiger partial charge in [0.1, 0.15) is 0 Å². The lowest BCUT2D eigenvalue weighted by Crippen LogP contribution is -2.25. The third-order valence-electron chi connectivity index (χ3n) is 3.34. The first kappa shape index (κ1) is 10.7. The molecule has 2 rings (SSSR count). The van der Waals surface area contributed by atoms with Gasteiger partial charge in [-0.05, 0) is 43.4 Å². The Hall–Kier alpha value is -0.860. The lowest BCUT2D eigenvalue weighted by Gasteiger charge is -2.29. The highest BCUT2D eigenvalue weighted by Crippen LogP contribution is 2.34. The van der Waals surface area contributed by atoms with E-state index in [2.05, 4.69) is 24.3 Å². The van der Waals surface area contributed by atoms with E-state index in [9.17, 15) is 5.11 Å². The topological polar surface area (TPSA) is 46.2 Å². The summed E-state index contributed by atoms with van der Waals surface area (Å²) >= 11 is 0. The Morgan fingerprint density at radius 2 is 2.20 bits per heavy atom. The quantitative estimate of drug-likeness (QED) is 0.790. The number of nitrogens with two attached hydrogens (primary N) is 1. The minimum absolute atomic E-state index is 0.267. The van der Waals surface area contributed by atoms with Gasteiger partial charge >= 0.3 is 0 Å². The number of fused-ring (bicyclic) bond motifs is 1. The average molecular weight is 205 g/mol. The zero-order valence-corrected chi connectivity index (χ0v) is 9.02. The number of benzene rings is 1. The number of hydrogen-bond donors (Lipinski definition) is 2. The van der Waals surface area contributed by atoms with Crippen LogP contribution >= 0.6 is 0 Å². The normalized spacial score (nSPS) is 22.1. The van der Waals surface area contributed by atoms with Crippen molar-refractivity contribution in [1.82, 2.24) is 0 Å². The predicted octanol–water partition coefficient (Wildman–Crippen LogP) is 1.82. The molecule has 0 aliphatic heterocycles. The zero-order valence-electron chi connectivity index (χ0n) is 9.02. The van der Waals surface area contributed by atoms with Crippen molar-refractivity contribution >= 4 is 0 Å². The number of aliphatic hydroxyl groups excluding tert-OH is 1. The molecule has 0 heterocycles. The Labute approximate surface area is 91.1 Å². The van der Waals surface area contributed by atoms with Crippen molar-refractivity contribution in [2.45, 2.75) is 37.7 Å². The zero-order chi connectivity index (χ0) is 10.7. The van der Waals surface area contributed by atoms with Gasteiger partial charge in [-0.25, -0.2) is 0 Å². The van der Waals surface area contributed by atoms with Crippen LogP contribution in [0.1, 0.15) is 36.3 Å². The van der Waals surface area contributed by atoms with Gasteiger partial charge in [0.15, 0.2) is 0 Å². The van der Waals surface area contributed by atoms with E-state index < -0.39 is 0 Å². The van der Waals surface area contributed by atoms with Gasteiger partial charge in [-0.1, -0.05) is 24.3 Å². The standard InChI is InChI=1S/C13H19NO/c14-9-8-13(15)12-7-3-5-10-4-1-2-6-11(10)12/h1-2,4,6,12-13,15H,3,5,7-9,14H2/t12?,13-/m1/s1. The van der Waals surface area contributed by atoms with Crippen molar-refractivity contribution in [3.63, 3.8) is 0 Å². The Balaban J connectivity index is 2.21. The summed E-state index contributed by atoms with van der Waals surface area (Å²) in [6.45, 7) is 0.569. The molecular weight excluding hydrogens is 186 g/mol. The van der Waals surface area contributed by atoms with Gasteiger partial charge in [-0.15, -0.1) is 0 Å². The molecule has 0 saturated heterocycles. The van der Waals surface area contributed by atoms with Crippen LogP contribution in [0.2, 0.25) is 0 Å². The average Bonchev–Trinajstić information content (AvgIpc) is 2.28. The molecule has 2 atom stereocenters. The van der Waals surface area contributed by atoms with E-state index in [1.807, 2.05) is 0 Å². The fourth-order valence-corrected chi connectivity index (χ4v) is 2.56. The number of hydrogen-bond acceptors (Lipinski definition) is 2. The number of aliphatic hydroxyl groups is 1. The van der Waals surface area contributed by atoms with Gasteiger partial charge in [0.25, 0.3) is 0 Å². The van der Waals surface area contributed by atoms with Crippen molar-refractivity contribution in [2.75, 3.05) is 6.54 Å². The number of aryl methyl sites for hydroxylation is 1. The third-order valence-corrected chi connectivity index (χ3v) is 3.34. The highest BCUT2D eigenvalue weighted by Gasteiger charge is 2.25. The summed E-state index contributed by atoms with van der Waals surface area (Å²) in [5, 5.41) is 10.0. The van der Waals surface area contributed by atoms with Crippen molar-refractivity contribution in [3.05, 3.63) is 35.4 Å². The molecule has 15 heavy (non-hydrogen) atoms. The minimum Gasteiger partial charge on any atom is -0.392 e. The van der Waals surface area contributed by atoms with E-state index in [1.165, 1.54) is 17.5 Å². The first-order chi connectivity index (χ1) is 7.33. The van der Waals surface area contributed by atoms with Crippen LogP contribution in [0.25, 0.3) is 0 Å². The van der Waals surface area contributed by atoms with Crippen LogP contribution in [0.3, 0.4) is 0 Å². The van der Waals surface area contributed by atoms with Crippen LogP contribution in [0, 0.1) is 0 Å². The molecule has 0 saturated carbocycles. The summed E-state index contributed by atoms with van der Waals surface area (Å²) in [6, 6.07) is 8.47. The molecule has 1 aromatic rings. The Morgan fingerprint density at radius 3 is 3.00 bits per heavy atom. The Kier molecular flexibility index (Phi) is 3.39. The van der Waals surface area contributed by atoms with Gasteiger partial charge in [0.2, 0.25) is 0 Å². The second kappa shape index (κ2) is 4.77. The fraction of sp³-hybridized carbons (Fsp3) is 0.538. The van der Waals surface area contributed by atoms with E-state index in [-0.39, 0.29) is 6.10 Å². The first-order valence-corrected chi connectivity index (χ1v) is 5.79. The number of rotatable bonds is 3. The predicted molar refractivity (Wildman–Crippen MR) is 61.8 cm³/mol. The second-order valence-corrected chi connectivity index (χ2v) is 4.34. The van der Waals surface area contributed by atoms with Crippen LogP contribution in [0.15, 0.2) is 24.3 Å². The van der Waals surface area contributed by atoms with Crippen molar-refractivity contribution < 1.29 is 5.11 Å². The summed E-state index contributed by atoms with van der Waals surface area (Å²) in [5.74, 6) is 0.304. The van der Waals surface area contributed by atoms with E-state index in [1.54, 1.807) is 0 Å². The molecule has 0 amide bonds. The van der Waals surface area contributed by atoms with Gasteiger partial charge in [0.05, 0.1) is 6.10 Å². The van der Waals surface area contributed by atoms with Crippen molar-refractivity contribution in [3.8, 4) is 0 Å². The molecule has 1 aliphatic carbocycles. The molecule has 0 radical (unpaired) electrons. The van der Waals surface area contributed by atoms with Crippen LogP contribution in [-0.4, -0.2) is 17.8 Å². The van der Waals surface area contributed by atoms with Crippen molar-refractivity contribution in [1.29, 1.82) is 0 Å². The molecular formula is C13H19NO. The van der Waals surface area contributed by atoms with Crippen LogP contribution in [0.5, 0.6) is 0 Å². The summed E-state index contributed by atoms with van der Waals surface area (Å²) in [6.07, 6.45) is 3.87. The molecule has 0 fully saturated rings. The maximum absolute atomic E-state index is 10.0. The van der Waals surface area contributed by atoms with Gasteiger partial charge < -0.3 is 10.8 Å². The molecule has 0 bridgehead atoms. The van der Waals surface area contributed by atoms with Crippen molar-refractivity contribution in [2.24, 2.45) is 5.73 Å². The van der Waals surface area contributed by atoms with Gasteiger partial charge in [0, 0.05) is 5.92 Å². The van der Waals surface area contributed by atoms with Crippen LogP contribution < -0.4 is 5.73 Å². The van der Waals surface area contributed by atoms with E-state index in [4.69, 9.17) is 5.73 Å². The summed E-state index contributed by atoms with van der Waals surface area (Å²) < 4.78 is 0. The van der Waals surface area contributed by atoms with E-state index in [0.717, 1.165) is 12.8 Å². The molecule has 0 aromatic heterocycles. The van der Waals surface area contributed by atoms with Crippen LogP contribution in [-0.2, 0) is 6.42 Å². The first-order valence-electron chi connectivity index (χ1n) is 5.79. The molecule has 1 unspecified atom stereocenters. The van der Waals surface area contributed by atoms with E-state index >= 15 is 0 Å². The lowest BCUT2D eigenvalue weighted by molar-refractivity contribution is 0.127. The molecule has 0 spiro atoms. The molecule has 2 heteroatoms. The summed E-state index contributed by atoms with van der Waals surface area (Å²) in [7, 11) is 0. The SMILES string of the molecule is NCC[C@@H](O)C1CCCc2ccccc21. The maximum atomic E-state index is 10.0. The molecule has 1 aromatic carbocycles. The summed E-state index contributed by atoms with van der Waals surface area (Å²) in [4.78, 5) is 0. The fourth-order valence-electron chi connectivity index (χ4n) is 2.56.